The highest BCUT2D eigenvalue weighted by Gasteiger charge is 2.23. The number of hydrogen-bond donors (Lipinski definition) is 2. The van der Waals surface area contributed by atoms with E-state index in [0.29, 0.717) is 30.0 Å². The van der Waals surface area contributed by atoms with E-state index in [1.807, 2.05) is 38.1 Å². The van der Waals surface area contributed by atoms with Crippen LogP contribution in [-0.4, -0.2) is 24.3 Å². The minimum absolute atomic E-state index is 0.0481. The third-order valence-electron chi connectivity index (χ3n) is 5.46. The molecule has 2 heterocycles. The number of nitrogens with zero attached hydrogens (tertiary/aromatic N) is 1. The molecule has 33 heavy (non-hydrogen) atoms. The molecule has 0 saturated carbocycles. The Kier molecular flexibility index (Phi) is 6.40. The summed E-state index contributed by atoms with van der Waals surface area (Å²) in [6, 6.07) is 15.9. The van der Waals surface area contributed by atoms with E-state index in [-0.39, 0.29) is 11.6 Å². The molecule has 3 aromatic rings. The van der Waals surface area contributed by atoms with Gasteiger partial charge in [-0.1, -0.05) is 17.7 Å². The van der Waals surface area contributed by atoms with Gasteiger partial charge in [-0.2, -0.15) is 0 Å². The first-order valence-electron chi connectivity index (χ1n) is 10.8. The van der Waals surface area contributed by atoms with Crippen molar-refractivity contribution in [1.29, 1.82) is 0 Å². The van der Waals surface area contributed by atoms with E-state index >= 15 is 0 Å². The van der Waals surface area contributed by atoms with Gasteiger partial charge in [0.2, 0.25) is 5.91 Å². The Morgan fingerprint density at radius 3 is 2.48 bits per heavy atom. The molecule has 0 atom stereocenters. The lowest BCUT2D eigenvalue weighted by Crippen LogP contribution is -2.30. The number of benzene rings is 2. The summed E-state index contributed by atoms with van der Waals surface area (Å²) in [5, 5.41) is 5.51. The normalized spacial score (nSPS) is 13.8. The molecular weight excluding hydrogens is 418 g/mol. The van der Waals surface area contributed by atoms with Crippen molar-refractivity contribution in [3.05, 3.63) is 89.0 Å². The van der Waals surface area contributed by atoms with Gasteiger partial charge in [-0.15, -0.1) is 0 Å². The smallest absolute Gasteiger partial charge is 0.272 e. The Morgan fingerprint density at radius 2 is 1.85 bits per heavy atom. The van der Waals surface area contributed by atoms with Gasteiger partial charge < -0.3 is 20.0 Å². The SMILES string of the molecule is Cc1ccc(C(=O)N/C(=C\c2ccco2)C(=O)Nc2ccc(N3CCCC3=O)c(C)c2)cc1. The molecule has 1 saturated heterocycles. The molecule has 1 aliphatic rings. The van der Waals surface area contributed by atoms with Gasteiger partial charge in [-0.3, -0.25) is 14.4 Å². The van der Waals surface area contributed by atoms with Gasteiger partial charge in [0, 0.05) is 36.0 Å². The lowest BCUT2D eigenvalue weighted by Gasteiger charge is -2.19. The molecule has 2 N–H and O–H groups in total. The van der Waals surface area contributed by atoms with Crippen LogP contribution >= 0.6 is 0 Å². The zero-order valence-corrected chi connectivity index (χ0v) is 18.6. The van der Waals surface area contributed by atoms with Gasteiger partial charge in [-0.25, -0.2) is 0 Å². The molecule has 0 radical (unpaired) electrons. The highest BCUT2D eigenvalue weighted by atomic mass is 16.3. The standard InChI is InChI=1S/C26H25N3O4/c1-17-7-9-19(10-8-17)25(31)28-22(16-21-5-4-14-33-21)26(32)27-20-11-12-23(18(2)15-20)29-13-3-6-24(29)30/h4-5,7-12,14-16H,3,6,13H2,1-2H3,(H,27,32)(H,28,31)/b22-16-. The average Bonchev–Trinajstić information content (AvgIpc) is 3.45. The van der Waals surface area contributed by atoms with Crippen LogP contribution in [0.3, 0.4) is 0 Å². The predicted molar refractivity (Wildman–Crippen MR) is 127 cm³/mol. The van der Waals surface area contributed by atoms with Crippen LogP contribution in [-0.2, 0) is 9.59 Å². The molecule has 1 fully saturated rings. The first kappa shape index (κ1) is 22.1. The predicted octanol–water partition coefficient (Wildman–Crippen LogP) is 4.43. The lowest BCUT2D eigenvalue weighted by atomic mass is 10.1. The topological polar surface area (TPSA) is 91.7 Å². The number of carbonyl (C=O) groups is 3. The van der Waals surface area contributed by atoms with Crippen molar-refractivity contribution in [3.8, 4) is 0 Å². The number of anilines is 2. The molecule has 7 nitrogen and oxygen atoms in total. The van der Waals surface area contributed by atoms with E-state index in [4.69, 9.17) is 4.42 Å². The molecule has 168 valence electrons. The van der Waals surface area contributed by atoms with Gasteiger partial charge in [-0.05, 0) is 68.3 Å². The maximum absolute atomic E-state index is 13.1. The van der Waals surface area contributed by atoms with Gasteiger partial charge >= 0.3 is 0 Å². The molecule has 7 heteroatoms. The number of carbonyl (C=O) groups excluding carboxylic acids is 3. The van der Waals surface area contributed by atoms with E-state index < -0.39 is 11.8 Å². The van der Waals surface area contributed by atoms with E-state index in [1.165, 1.54) is 12.3 Å². The molecule has 0 bridgehead atoms. The molecule has 0 aliphatic carbocycles. The van der Waals surface area contributed by atoms with Gasteiger partial charge in [0.25, 0.3) is 11.8 Å². The fourth-order valence-electron chi connectivity index (χ4n) is 3.71. The second kappa shape index (κ2) is 9.56. The van der Waals surface area contributed by atoms with Crippen molar-refractivity contribution in [2.45, 2.75) is 26.7 Å². The van der Waals surface area contributed by atoms with Crippen molar-refractivity contribution < 1.29 is 18.8 Å². The summed E-state index contributed by atoms with van der Waals surface area (Å²) in [6.45, 7) is 4.53. The zero-order chi connectivity index (χ0) is 23.4. The Morgan fingerprint density at radius 1 is 1.06 bits per heavy atom. The maximum atomic E-state index is 13.1. The zero-order valence-electron chi connectivity index (χ0n) is 18.6. The molecule has 0 unspecified atom stereocenters. The number of amides is 3. The molecule has 1 aromatic heterocycles. The minimum Gasteiger partial charge on any atom is -0.465 e. The van der Waals surface area contributed by atoms with E-state index in [9.17, 15) is 14.4 Å². The van der Waals surface area contributed by atoms with Gasteiger partial charge in [0.15, 0.2) is 0 Å². The summed E-state index contributed by atoms with van der Waals surface area (Å²) in [5.74, 6) is -0.348. The van der Waals surface area contributed by atoms with E-state index in [1.54, 1.807) is 35.2 Å². The number of rotatable bonds is 6. The highest BCUT2D eigenvalue weighted by Crippen LogP contribution is 2.27. The lowest BCUT2D eigenvalue weighted by molar-refractivity contribution is -0.117. The first-order valence-corrected chi connectivity index (χ1v) is 10.8. The summed E-state index contributed by atoms with van der Waals surface area (Å²) in [7, 11) is 0. The first-order chi connectivity index (χ1) is 15.9. The molecule has 1 aliphatic heterocycles. The van der Waals surface area contributed by atoms with Crippen molar-refractivity contribution in [1.82, 2.24) is 5.32 Å². The third kappa shape index (κ3) is 5.20. The molecule has 3 amide bonds. The Hall–Kier alpha value is -4.13. The van der Waals surface area contributed by atoms with Crippen LogP contribution in [0.2, 0.25) is 0 Å². The van der Waals surface area contributed by atoms with E-state index in [2.05, 4.69) is 10.6 Å². The van der Waals surface area contributed by atoms with Crippen LogP contribution in [0.5, 0.6) is 0 Å². The number of furan rings is 1. The third-order valence-corrected chi connectivity index (χ3v) is 5.46. The van der Waals surface area contributed by atoms with Crippen molar-refractivity contribution in [2.24, 2.45) is 0 Å². The summed E-state index contributed by atoms with van der Waals surface area (Å²) in [5.41, 5.74) is 3.80. The van der Waals surface area contributed by atoms with E-state index in [0.717, 1.165) is 23.2 Å². The molecule has 2 aromatic carbocycles. The quantitative estimate of drug-likeness (QED) is 0.551. The van der Waals surface area contributed by atoms with Crippen LogP contribution in [0.1, 0.15) is 40.1 Å². The van der Waals surface area contributed by atoms with Crippen molar-refractivity contribution in [2.75, 3.05) is 16.8 Å². The van der Waals surface area contributed by atoms with Gasteiger partial charge in [0.05, 0.1) is 6.26 Å². The largest absolute Gasteiger partial charge is 0.465 e. The number of nitrogens with one attached hydrogen (secondary N) is 2. The van der Waals surface area contributed by atoms with Crippen LogP contribution in [0.25, 0.3) is 6.08 Å². The Balaban J connectivity index is 1.54. The summed E-state index contributed by atoms with van der Waals surface area (Å²) >= 11 is 0. The highest BCUT2D eigenvalue weighted by molar-refractivity contribution is 6.10. The fraction of sp³-hybridized carbons (Fsp3) is 0.192. The Labute approximate surface area is 192 Å². The maximum Gasteiger partial charge on any atom is 0.272 e. The van der Waals surface area contributed by atoms with Crippen molar-refractivity contribution in [3.63, 3.8) is 0 Å². The van der Waals surface area contributed by atoms with Gasteiger partial charge in [0.1, 0.15) is 11.5 Å². The van der Waals surface area contributed by atoms with Crippen LogP contribution < -0.4 is 15.5 Å². The summed E-state index contributed by atoms with van der Waals surface area (Å²) in [6.07, 6.45) is 4.37. The average molecular weight is 444 g/mol. The molecular formula is C26H25N3O4. The minimum atomic E-state index is -0.490. The fourth-order valence-corrected chi connectivity index (χ4v) is 3.71. The summed E-state index contributed by atoms with van der Waals surface area (Å²) < 4.78 is 5.32. The molecule has 4 rings (SSSR count). The Bertz CT molecular complexity index is 1210. The monoisotopic (exact) mass is 443 g/mol. The van der Waals surface area contributed by atoms with Crippen LogP contribution in [0.15, 0.2) is 71.0 Å². The molecule has 0 spiro atoms. The van der Waals surface area contributed by atoms with Crippen molar-refractivity contribution >= 4 is 35.2 Å². The van der Waals surface area contributed by atoms with Crippen LogP contribution in [0, 0.1) is 13.8 Å². The number of hydrogen-bond acceptors (Lipinski definition) is 4. The van der Waals surface area contributed by atoms with Crippen LogP contribution in [0.4, 0.5) is 11.4 Å². The second-order valence-corrected chi connectivity index (χ2v) is 8.00. The number of aryl methyl sites for hydroxylation is 2. The summed E-state index contributed by atoms with van der Waals surface area (Å²) in [4.78, 5) is 39.6. The second-order valence-electron chi connectivity index (χ2n) is 8.00.